The van der Waals surface area contributed by atoms with Gasteiger partial charge in [-0.15, -0.1) is 6.58 Å². The molecular formula is C8H14N2O3. The number of hydrogen-bond donors (Lipinski definition) is 2. The zero-order valence-corrected chi connectivity index (χ0v) is 7.63. The summed E-state index contributed by atoms with van der Waals surface area (Å²) in [6.07, 6.45) is 1.52. The second-order valence-corrected chi connectivity index (χ2v) is 2.18. The average molecular weight is 186 g/mol. The topological polar surface area (TPSA) is 67.4 Å². The van der Waals surface area contributed by atoms with Crippen molar-refractivity contribution in [3.05, 3.63) is 12.7 Å². The van der Waals surface area contributed by atoms with Gasteiger partial charge in [-0.25, -0.2) is 4.79 Å². The van der Waals surface area contributed by atoms with E-state index in [1.807, 2.05) is 0 Å². The number of ether oxygens (including phenoxy) is 1. The largest absolute Gasteiger partial charge is 0.372 e. The Morgan fingerprint density at radius 3 is 2.77 bits per heavy atom. The number of hydrogen-bond acceptors (Lipinski definition) is 3. The second kappa shape index (κ2) is 7.30. The summed E-state index contributed by atoms with van der Waals surface area (Å²) in [6.45, 7) is 5.85. The van der Waals surface area contributed by atoms with Crippen LogP contribution in [-0.2, 0) is 9.53 Å². The van der Waals surface area contributed by atoms with Crippen LogP contribution in [0.4, 0.5) is 4.79 Å². The Morgan fingerprint density at radius 2 is 2.23 bits per heavy atom. The smallest absolute Gasteiger partial charge is 0.321 e. The zero-order chi connectivity index (χ0) is 10.1. The quantitative estimate of drug-likeness (QED) is 0.595. The van der Waals surface area contributed by atoms with E-state index >= 15 is 0 Å². The Kier molecular flexibility index (Phi) is 6.53. The SMILES string of the molecule is C=CCNC(=O)NC(=O)COCC. The highest BCUT2D eigenvalue weighted by Crippen LogP contribution is 1.74. The molecule has 5 heteroatoms. The second-order valence-electron chi connectivity index (χ2n) is 2.18. The number of carbonyl (C=O) groups excluding carboxylic acids is 2. The van der Waals surface area contributed by atoms with Crippen molar-refractivity contribution in [2.24, 2.45) is 0 Å². The van der Waals surface area contributed by atoms with Crippen molar-refractivity contribution >= 4 is 11.9 Å². The third-order valence-corrected chi connectivity index (χ3v) is 1.10. The van der Waals surface area contributed by atoms with Gasteiger partial charge in [-0.2, -0.15) is 0 Å². The third-order valence-electron chi connectivity index (χ3n) is 1.10. The molecule has 0 aromatic rings. The van der Waals surface area contributed by atoms with Crippen molar-refractivity contribution < 1.29 is 14.3 Å². The van der Waals surface area contributed by atoms with E-state index < -0.39 is 11.9 Å². The van der Waals surface area contributed by atoms with Gasteiger partial charge in [0.05, 0.1) is 0 Å². The van der Waals surface area contributed by atoms with Crippen molar-refractivity contribution in [1.82, 2.24) is 10.6 Å². The predicted octanol–water partition coefficient (Wildman–Crippen LogP) is 0.0347. The van der Waals surface area contributed by atoms with Crippen molar-refractivity contribution in [3.8, 4) is 0 Å². The Bertz CT molecular complexity index is 192. The molecule has 0 atom stereocenters. The minimum atomic E-state index is -0.537. The lowest BCUT2D eigenvalue weighted by Gasteiger charge is -2.04. The van der Waals surface area contributed by atoms with E-state index in [-0.39, 0.29) is 6.61 Å². The summed E-state index contributed by atoms with van der Waals surface area (Å²) >= 11 is 0. The number of urea groups is 1. The van der Waals surface area contributed by atoms with Crippen LogP contribution in [0.25, 0.3) is 0 Å². The van der Waals surface area contributed by atoms with E-state index in [4.69, 9.17) is 4.74 Å². The summed E-state index contributed by atoms with van der Waals surface area (Å²) in [7, 11) is 0. The summed E-state index contributed by atoms with van der Waals surface area (Å²) in [5, 5.41) is 4.48. The Balaban J connectivity index is 3.53. The molecule has 0 aliphatic rings. The van der Waals surface area contributed by atoms with E-state index in [9.17, 15) is 9.59 Å². The van der Waals surface area contributed by atoms with Crippen molar-refractivity contribution in [2.45, 2.75) is 6.92 Å². The molecule has 0 saturated carbocycles. The highest BCUT2D eigenvalue weighted by molar-refractivity contribution is 5.94. The van der Waals surface area contributed by atoms with E-state index in [2.05, 4.69) is 17.2 Å². The van der Waals surface area contributed by atoms with Gasteiger partial charge in [0.15, 0.2) is 0 Å². The fourth-order valence-electron chi connectivity index (χ4n) is 0.567. The van der Waals surface area contributed by atoms with Crippen molar-refractivity contribution in [2.75, 3.05) is 19.8 Å². The lowest BCUT2D eigenvalue weighted by Crippen LogP contribution is -2.41. The molecule has 0 spiro atoms. The zero-order valence-electron chi connectivity index (χ0n) is 7.63. The Hall–Kier alpha value is -1.36. The van der Waals surface area contributed by atoms with Crippen LogP contribution in [0.5, 0.6) is 0 Å². The minimum absolute atomic E-state index is 0.0992. The first-order valence-electron chi connectivity index (χ1n) is 3.97. The molecule has 0 unspecified atom stereocenters. The Morgan fingerprint density at radius 1 is 1.54 bits per heavy atom. The maximum absolute atomic E-state index is 10.9. The van der Waals surface area contributed by atoms with Crippen LogP contribution in [0.15, 0.2) is 12.7 Å². The van der Waals surface area contributed by atoms with E-state index in [1.165, 1.54) is 6.08 Å². The van der Waals surface area contributed by atoms with Gasteiger partial charge >= 0.3 is 6.03 Å². The number of rotatable bonds is 5. The Labute approximate surface area is 77.1 Å². The maximum atomic E-state index is 10.9. The predicted molar refractivity (Wildman–Crippen MR) is 48.2 cm³/mol. The normalized spacial score (nSPS) is 9.00. The third kappa shape index (κ3) is 7.02. The first-order chi connectivity index (χ1) is 6.20. The van der Waals surface area contributed by atoms with E-state index in [0.29, 0.717) is 13.2 Å². The molecular weight excluding hydrogens is 172 g/mol. The molecule has 3 amide bonds. The molecule has 2 N–H and O–H groups in total. The van der Waals surface area contributed by atoms with E-state index in [1.54, 1.807) is 6.92 Å². The molecule has 74 valence electrons. The van der Waals surface area contributed by atoms with Crippen LogP contribution in [0.2, 0.25) is 0 Å². The van der Waals surface area contributed by atoms with Gasteiger partial charge in [0, 0.05) is 13.2 Å². The molecule has 0 aliphatic carbocycles. The van der Waals surface area contributed by atoms with Crippen LogP contribution >= 0.6 is 0 Å². The van der Waals surface area contributed by atoms with Crippen LogP contribution in [0, 0.1) is 0 Å². The summed E-state index contributed by atoms with van der Waals surface area (Å²) in [6, 6.07) is -0.537. The van der Waals surface area contributed by atoms with Gasteiger partial charge in [-0.3, -0.25) is 10.1 Å². The summed E-state index contributed by atoms with van der Waals surface area (Å²) in [5.41, 5.74) is 0. The summed E-state index contributed by atoms with van der Waals surface area (Å²) in [4.78, 5) is 21.7. The molecule has 0 radical (unpaired) electrons. The average Bonchev–Trinajstić information content (AvgIpc) is 2.11. The van der Waals surface area contributed by atoms with Gasteiger partial charge in [-0.1, -0.05) is 6.08 Å². The maximum Gasteiger partial charge on any atom is 0.321 e. The monoisotopic (exact) mass is 186 g/mol. The standard InChI is InChI=1S/C8H14N2O3/c1-3-5-9-8(12)10-7(11)6-13-4-2/h3H,1,4-6H2,2H3,(H2,9,10,11,12). The first kappa shape index (κ1) is 11.6. The highest BCUT2D eigenvalue weighted by atomic mass is 16.5. The molecule has 0 rings (SSSR count). The van der Waals surface area contributed by atoms with E-state index in [0.717, 1.165) is 0 Å². The number of amides is 3. The van der Waals surface area contributed by atoms with Crippen LogP contribution in [0.1, 0.15) is 6.92 Å². The van der Waals surface area contributed by atoms with Crippen molar-refractivity contribution in [1.29, 1.82) is 0 Å². The fourth-order valence-corrected chi connectivity index (χ4v) is 0.567. The van der Waals surface area contributed by atoms with Crippen LogP contribution in [0.3, 0.4) is 0 Å². The summed E-state index contributed by atoms with van der Waals surface area (Å²) < 4.78 is 4.79. The van der Waals surface area contributed by atoms with Gasteiger partial charge in [-0.05, 0) is 6.92 Å². The number of imide groups is 1. The lowest BCUT2D eigenvalue weighted by molar-refractivity contribution is -0.124. The minimum Gasteiger partial charge on any atom is -0.372 e. The number of nitrogens with one attached hydrogen (secondary N) is 2. The lowest BCUT2D eigenvalue weighted by atomic mass is 10.6. The van der Waals surface area contributed by atoms with Gasteiger partial charge in [0.25, 0.3) is 5.91 Å². The molecule has 0 aromatic carbocycles. The fraction of sp³-hybridized carbons (Fsp3) is 0.500. The molecule has 0 heterocycles. The number of carbonyl (C=O) groups is 2. The molecule has 5 nitrogen and oxygen atoms in total. The first-order valence-corrected chi connectivity index (χ1v) is 3.97. The molecule has 0 fully saturated rings. The molecule has 0 saturated heterocycles. The van der Waals surface area contributed by atoms with Crippen LogP contribution < -0.4 is 10.6 Å². The van der Waals surface area contributed by atoms with Gasteiger partial charge in [0.1, 0.15) is 6.61 Å². The molecule has 0 bridgehead atoms. The van der Waals surface area contributed by atoms with Crippen LogP contribution in [-0.4, -0.2) is 31.7 Å². The summed E-state index contributed by atoms with van der Waals surface area (Å²) in [5.74, 6) is -0.455. The molecule has 0 aliphatic heterocycles. The van der Waals surface area contributed by atoms with Gasteiger partial charge in [0.2, 0.25) is 0 Å². The van der Waals surface area contributed by atoms with Crippen molar-refractivity contribution in [3.63, 3.8) is 0 Å². The highest BCUT2D eigenvalue weighted by Gasteiger charge is 2.05. The molecule has 0 aromatic heterocycles. The molecule has 13 heavy (non-hydrogen) atoms. The van der Waals surface area contributed by atoms with Gasteiger partial charge < -0.3 is 10.1 Å².